The lowest BCUT2D eigenvalue weighted by molar-refractivity contribution is 0.367. The second-order valence-electron chi connectivity index (χ2n) is 4.99. The summed E-state index contributed by atoms with van der Waals surface area (Å²) in [5.74, 6) is 2.63. The number of unbranched alkanes of at least 4 members (excludes halogenated alkanes) is 2. The molecule has 0 saturated carbocycles. The second-order valence-corrected chi connectivity index (χ2v) is 4.99. The monoisotopic (exact) mass is 233 g/mol. The third-order valence-electron chi connectivity index (χ3n) is 3.52. The Bertz CT molecular complexity index is 365. The maximum Gasteiger partial charge on any atom is 0.159 e. The van der Waals surface area contributed by atoms with E-state index in [0.717, 1.165) is 18.4 Å². The molecule has 0 radical (unpaired) electrons. The van der Waals surface area contributed by atoms with E-state index in [9.17, 15) is 0 Å². The first kappa shape index (κ1) is 13.8. The van der Waals surface area contributed by atoms with Gasteiger partial charge in [-0.05, 0) is 24.2 Å². The lowest BCUT2D eigenvalue weighted by atomic mass is 9.74. The highest BCUT2D eigenvalue weighted by molar-refractivity contribution is 5.36. The molecular weight excluding hydrogens is 210 g/mol. The Labute approximate surface area is 105 Å². The van der Waals surface area contributed by atoms with E-state index >= 15 is 0 Å². The zero-order valence-corrected chi connectivity index (χ0v) is 11.3. The zero-order valence-electron chi connectivity index (χ0n) is 11.3. The van der Waals surface area contributed by atoms with Crippen LogP contribution in [0.4, 0.5) is 0 Å². The molecule has 1 heterocycles. The summed E-state index contributed by atoms with van der Waals surface area (Å²) < 4.78 is 5.05. The average molecular weight is 233 g/mol. The van der Waals surface area contributed by atoms with Crippen LogP contribution in [0.1, 0.15) is 70.6 Å². The molecule has 1 aromatic rings. The summed E-state index contributed by atoms with van der Waals surface area (Å²) in [4.78, 5) is 0. The van der Waals surface area contributed by atoms with Gasteiger partial charge in [0.2, 0.25) is 0 Å². The molecule has 0 fully saturated rings. The molecule has 1 aromatic heterocycles. The molecule has 0 amide bonds. The van der Waals surface area contributed by atoms with Crippen molar-refractivity contribution in [2.45, 2.75) is 64.7 Å². The largest absolute Gasteiger partial charge is 0.363 e. The minimum atomic E-state index is 0.119. The topological polar surface area (TPSA) is 26.0 Å². The third-order valence-corrected chi connectivity index (χ3v) is 3.52. The van der Waals surface area contributed by atoms with Crippen molar-refractivity contribution in [2.75, 3.05) is 0 Å². The zero-order chi connectivity index (χ0) is 12.7. The number of aromatic nitrogens is 1. The van der Waals surface area contributed by atoms with Crippen molar-refractivity contribution in [3.8, 4) is 12.3 Å². The van der Waals surface area contributed by atoms with Crippen LogP contribution in [0.3, 0.4) is 0 Å². The smallest absolute Gasteiger partial charge is 0.159 e. The quantitative estimate of drug-likeness (QED) is 0.656. The van der Waals surface area contributed by atoms with E-state index in [1.807, 2.05) is 0 Å². The van der Waals surface area contributed by atoms with Crippen molar-refractivity contribution >= 4 is 0 Å². The average Bonchev–Trinajstić information content (AvgIpc) is 2.82. The molecule has 0 N–H and O–H groups in total. The van der Waals surface area contributed by atoms with Gasteiger partial charge in [-0.2, -0.15) is 0 Å². The summed E-state index contributed by atoms with van der Waals surface area (Å²) in [7, 11) is 0. The van der Waals surface area contributed by atoms with E-state index in [0.29, 0.717) is 5.69 Å². The van der Waals surface area contributed by atoms with Gasteiger partial charge >= 0.3 is 0 Å². The molecule has 0 aliphatic carbocycles. The van der Waals surface area contributed by atoms with Crippen LogP contribution in [0.15, 0.2) is 10.8 Å². The summed E-state index contributed by atoms with van der Waals surface area (Å²) >= 11 is 0. The van der Waals surface area contributed by atoms with Crippen LogP contribution >= 0.6 is 0 Å². The number of hydrogen-bond donors (Lipinski definition) is 0. The SMILES string of the molecule is C#Cc1nocc1C(C)(CCCC)CCCC. The number of rotatable bonds is 7. The van der Waals surface area contributed by atoms with E-state index in [2.05, 4.69) is 31.8 Å². The Hall–Kier alpha value is -1.23. The Kier molecular flexibility index (Phi) is 5.28. The van der Waals surface area contributed by atoms with Gasteiger partial charge in [-0.3, -0.25) is 0 Å². The standard InChI is InChI=1S/C15H23NO/c1-5-8-10-15(4,11-9-6-2)13-12-17-16-14(13)7-3/h3,12H,5-6,8-11H2,1-2,4H3. The van der Waals surface area contributed by atoms with Crippen LogP contribution in [0, 0.1) is 12.3 Å². The maximum atomic E-state index is 5.48. The molecule has 1 rings (SSSR count). The lowest BCUT2D eigenvalue weighted by Gasteiger charge is -2.28. The summed E-state index contributed by atoms with van der Waals surface area (Å²) in [6.45, 7) is 6.72. The number of hydrogen-bond acceptors (Lipinski definition) is 2. The second kappa shape index (κ2) is 6.49. The van der Waals surface area contributed by atoms with Crippen molar-refractivity contribution < 1.29 is 4.52 Å². The minimum absolute atomic E-state index is 0.119. The Morgan fingerprint density at radius 1 is 1.29 bits per heavy atom. The first-order chi connectivity index (χ1) is 8.18. The normalized spacial score (nSPS) is 11.4. The molecule has 0 spiro atoms. The number of nitrogens with zero attached hydrogens (tertiary/aromatic N) is 1. The Morgan fingerprint density at radius 2 is 1.88 bits per heavy atom. The van der Waals surface area contributed by atoms with Crippen LogP contribution in [0.5, 0.6) is 0 Å². The highest BCUT2D eigenvalue weighted by Crippen LogP contribution is 2.36. The molecular formula is C15H23NO. The lowest BCUT2D eigenvalue weighted by Crippen LogP contribution is -2.22. The molecule has 0 unspecified atom stereocenters. The van der Waals surface area contributed by atoms with Gasteiger partial charge < -0.3 is 4.52 Å². The first-order valence-electron chi connectivity index (χ1n) is 6.59. The molecule has 2 heteroatoms. The highest BCUT2D eigenvalue weighted by Gasteiger charge is 2.30. The van der Waals surface area contributed by atoms with Gasteiger partial charge in [0.1, 0.15) is 6.26 Å². The van der Waals surface area contributed by atoms with Gasteiger partial charge in [-0.1, -0.05) is 51.6 Å². The van der Waals surface area contributed by atoms with Crippen molar-refractivity contribution in [3.05, 3.63) is 17.5 Å². The summed E-state index contributed by atoms with van der Waals surface area (Å²) in [5.41, 5.74) is 1.91. The fourth-order valence-corrected chi connectivity index (χ4v) is 2.30. The van der Waals surface area contributed by atoms with Crippen molar-refractivity contribution in [2.24, 2.45) is 0 Å². The van der Waals surface area contributed by atoms with E-state index in [1.54, 1.807) is 6.26 Å². The Morgan fingerprint density at radius 3 is 2.35 bits per heavy atom. The molecule has 0 saturated heterocycles. The first-order valence-corrected chi connectivity index (χ1v) is 6.59. The van der Waals surface area contributed by atoms with Gasteiger partial charge in [-0.15, -0.1) is 6.42 Å². The van der Waals surface area contributed by atoms with E-state index in [-0.39, 0.29) is 5.41 Å². The summed E-state index contributed by atoms with van der Waals surface area (Å²) in [5, 5.41) is 3.91. The molecule has 94 valence electrons. The number of terminal acetylenes is 1. The third kappa shape index (κ3) is 3.36. The van der Waals surface area contributed by atoms with E-state index in [4.69, 9.17) is 10.9 Å². The maximum absolute atomic E-state index is 5.48. The van der Waals surface area contributed by atoms with Crippen molar-refractivity contribution in [3.63, 3.8) is 0 Å². The van der Waals surface area contributed by atoms with Gasteiger partial charge in [0, 0.05) is 5.56 Å². The molecule has 0 aromatic carbocycles. The van der Waals surface area contributed by atoms with E-state index in [1.165, 1.54) is 25.7 Å². The molecule has 2 nitrogen and oxygen atoms in total. The molecule has 17 heavy (non-hydrogen) atoms. The van der Waals surface area contributed by atoms with Crippen LogP contribution in [0.25, 0.3) is 0 Å². The van der Waals surface area contributed by atoms with Gasteiger partial charge in [0.05, 0.1) is 0 Å². The van der Waals surface area contributed by atoms with Crippen molar-refractivity contribution in [1.29, 1.82) is 0 Å². The van der Waals surface area contributed by atoms with Crippen LogP contribution < -0.4 is 0 Å². The molecule has 0 aliphatic heterocycles. The van der Waals surface area contributed by atoms with E-state index < -0.39 is 0 Å². The van der Waals surface area contributed by atoms with Gasteiger partial charge in [0.25, 0.3) is 0 Å². The van der Waals surface area contributed by atoms with Crippen LogP contribution in [0.2, 0.25) is 0 Å². The fourth-order valence-electron chi connectivity index (χ4n) is 2.30. The Balaban J connectivity index is 2.92. The molecule has 0 bridgehead atoms. The van der Waals surface area contributed by atoms with Crippen LogP contribution in [-0.4, -0.2) is 5.16 Å². The minimum Gasteiger partial charge on any atom is -0.363 e. The van der Waals surface area contributed by atoms with Crippen molar-refractivity contribution in [1.82, 2.24) is 5.16 Å². The van der Waals surface area contributed by atoms with Crippen LogP contribution in [-0.2, 0) is 5.41 Å². The summed E-state index contributed by atoms with van der Waals surface area (Å²) in [6.07, 6.45) is 14.4. The highest BCUT2D eigenvalue weighted by atomic mass is 16.5. The predicted molar refractivity (Wildman–Crippen MR) is 70.8 cm³/mol. The molecule has 0 aliphatic rings. The predicted octanol–water partition coefficient (Wildman–Crippen LogP) is 4.29. The van der Waals surface area contributed by atoms with Gasteiger partial charge in [-0.25, -0.2) is 0 Å². The fraction of sp³-hybridized carbons (Fsp3) is 0.667. The summed E-state index contributed by atoms with van der Waals surface area (Å²) in [6, 6.07) is 0. The van der Waals surface area contributed by atoms with Gasteiger partial charge in [0.15, 0.2) is 5.69 Å². The molecule has 0 atom stereocenters.